The second kappa shape index (κ2) is 3.58. The maximum atomic E-state index is 3.79. The zero-order valence-corrected chi connectivity index (χ0v) is 10.4. The van der Waals surface area contributed by atoms with Gasteiger partial charge in [0, 0.05) is 11.5 Å². The monoisotopic (exact) mass is 227 g/mol. The van der Waals surface area contributed by atoms with Crippen molar-refractivity contribution >= 4 is 0 Å². The largest absolute Gasteiger partial charge is 0.313 e. The van der Waals surface area contributed by atoms with Gasteiger partial charge in [0.05, 0.1) is 0 Å². The summed E-state index contributed by atoms with van der Waals surface area (Å²) in [6.45, 7) is 1.23. The molecule has 3 atom stereocenters. The highest BCUT2D eigenvalue weighted by atomic mass is 15.0. The molecule has 1 aromatic rings. The second-order valence-corrected chi connectivity index (χ2v) is 6.18. The average Bonchev–Trinajstić information content (AvgIpc) is 2.39. The molecule has 2 fully saturated rings. The maximum absolute atomic E-state index is 3.79. The number of fused-ring (bicyclic) bond motifs is 1. The lowest BCUT2D eigenvalue weighted by atomic mass is 9.53. The normalized spacial score (nSPS) is 39.3. The SMILES string of the molecule is c1ccc2c(c1)C[C@@H]1NCC[C@]23CCCC[C@@H]13. The highest BCUT2D eigenvalue weighted by Gasteiger charge is 2.51. The first kappa shape index (κ1) is 10.1. The summed E-state index contributed by atoms with van der Waals surface area (Å²) in [7, 11) is 0. The van der Waals surface area contributed by atoms with Crippen molar-refractivity contribution in [2.45, 2.75) is 50.0 Å². The molecule has 1 aromatic carbocycles. The van der Waals surface area contributed by atoms with Crippen LogP contribution in [0.25, 0.3) is 0 Å². The fourth-order valence-electron chi connectivity index (χ4n) is 4.89. The van der Waals surface area contributed by atoms with Crippen LogP contribution in [0.3, 0.4) is 0 Å². The fraction of sp³-hybridized carbons (Fsp3) is 0.625. The van der Waals surface area contributed by atoms with Gasteiger partial charge in [-0.2, -0.15) is 0 Å². The zero-order chi connectivity index (χ0) is 11.3. The molecule has 0 spiro atoms. The molecular formula is C16H21N. The van der Waals surface area contributed by atoms with Crippen LogP contribution in [0.4, 0.5) is 0 Å². The summed E-state index contributed by atoms with van der Waals surface area (Å²) in [5, 5.41) is 3.79. The van der Waals surface area contributed by atoms with Gasteiger partial charge in [0.25, 0.3) is 0 Å². The van der Waals surface area contributed by atoms with E-state index in [9.17, 15) is 0 Å². The van der Waals surface area contributed by atoms with Gasteiger partial charge in [-0.25, -0.2) is 0 Å². The van der Waals surface area contributed by atoms with Crippen LogP contribution in [0.5, 0.6) is 0 Å². The Morgan fingerprint density at radius 3 is 3.06 bits per heavy atom. The third-order valence-corrected chi connectivity index (χ3v) is 5.55. The molecule has 17 heavy (non-hydrogen) atoms. The van der Waals surface area contributed by atoms with Gasteiger partial charge in [0.2, 0.25) is 0 Å². The Balaban J connectivity index is 1.90. The molecule has 2 bridgehead atoms. The van der Waals surface area contributed by atoms with E-state index in [1.54, 1.807) is 11.1 Å². The molecule has 90 valence electrons. The Morgan fingerprint density at radius 1 is 1.12 bits per heavy atom. The Bertz CT molecular complexity index is 435. The Morgan fingerprint density at radius 2 is 2.06 bits per heavy atom. The number of benzene rings is 1. The summed E-state index contributed by atoms with van der Waals surface area (Å²) in [6, 6.07) is 10.0. The van der Waals surface area contributed by atoms with Gasteiger partial charge < -0.3 is 5.32 Å². The minimum Gasteiger partial charge on any atom is -0.313 e. The van der Waals surface area contributed by atoms with Crippen LogP contribution in [-0.2, 0) is 11.8 Å². The van der Waals surface area contributed by atoms with Gasteiger partial charge in [-0.1, -0.05) is 37.1 Å². The van der Waals surface area contributed by atoms with E-state index >= 15 is 0 Å². The van der Waals surface area contributed by atoms with Gasteiger partial charge in [0.1, 0.15) is 0 Å². The third-order valence-electron chi connectivity index (χ3n) is 5.55. The topological polar surface area (TPSA) is 12.0 Å². The van der Waals surface area contributed by atoms with Crippen LogP contribution in [0.1, 0.15) is 43.2 Å². The molecule has 0 aromatic heterocycles. The summed E-state index contributed by atoms with van der Waals surface area (Å²) >= 11 is 0. The first-order valence-corrected chi connectivity index (χ1v) is 7.22. The summed E-state index contributed by atoms with van der Waals surface area (Å²) in [6.07, 6.45) is 8.41. The number of nitrogens with one attached hydrogen (secondary N) is 1. The lowest BCUT2D eigenvalue weighted by Gasteiger charge is -2.56. The summed E-state index contributed by atoms with van der Waals surface area (Å²) in [5.74, 6) is 0.917. The van der Waals surface area contributed by atoms with Crippen molar-refractivity contribution in [1.82, 2.24) is 5.32 Å². The molecule has 1 saturated carbocycles. The van der Waals surface area contributed by atoms with Crippen LogP contribution < -0.4 is 5.32 Å². The third kappa shape index (κ3) is 1.29. The van der Waals surface area contributed by atoms with Crippen LogP contribution >= 0.6 is 0 Å². The predicted octanol–water partition coefficient (Wildman–Crippen LogP) is 3.03. The molecule has 1 aliphatic heterocycles. The van der Waals surface area contributed by atoms with E-state index in [2.05, 4.69) is 29.6 Å². The van der Waals surface area contributed by atoms with Crippen LogP contribution in [0.2, 0.25) is 0 Å². The maximum Gasteiger partial charge on any atom is 0.0144 e. The number of hydrogen-bond acceptors (Lipinski definition) is 1. The summed E-state index contributed by atoms with van der Waals surface area (Å²) in [5.41, 5.74) is 3.88. The number of piperidine rings is 1. The highest BCUT2D eigenvalue weighted by molar-refractivity contribution is 5.41. The van der Waals surface area contributed by atoms with Crippen molar-refractivity contribution in [2.24, 2.45) is 5.92 Å². The van der Waals surface area contributed by atoms with Gasteiger partial charge in [-0.3, -0.25) is 0 Å². The molecule has 0 amide bonds. The van der Waals surface area contributed by atoms with Crippen molar-refractivity contribution < 1.29 is 0 Å². The summed E-state index contributed by atoms with van der Waals surface area (Å²) in [4.78, 5) is 0. The van der Waals surface area contributed by atoms with Crippen molar-refractivity contribution in [3.63, 3.8) is 0 Å². The molecular weight excluding hydrogens is 206 g/mol. The molecule has 1 nitrogen and oxygen atoms in total. The zero-order valence-electron chi connectivity index (χ0n) is 10.4. The molecule has 1 saturated heterocycles. The molecule has 1 heterocycles. The molecule has 3 aliphatic rings. The molecule has 1 heteroatoms. The van der Waals surface area contributed by atoms with E-state index in [-0.39, 0.29) is 0 Å². The van der Waals surface area contributed by atoms with Crippen LogP contribution in [0, 0.1) is 5.92 Å². The average molecular weight is 227 g/mol. The van der Waals surface area contributed by atoms with Crippen molar-refractivity contribution in [2.75, 3.05) is 6.54 Å². The summed E-state index contributed by atoms with van der Waals surface area (Å²) < 4.78 is 0. The number of hydrogen-bond donors (Lipinski definition) is 1. The lowest BCUT2D eigenvalue weighted by molar-refractivity contribution is 0.0798. The predicted molar refractivity (Wildman–Crippen MR) is 70.2 cm³/mol. The Labute approximate surface area is 104 Å². The van der Waals surface area contributed by atoms with Crippen molar-refractivity contribution in [3.05, 3.63) is 35.4 Å². The minimum absolute atomic E-state index is 0.545. The van der Waals surface area contributed by atoms with E-state index in [1.165, 1.54) is 45.1 Å². The standard InChI is InChI=1S/C16H21N/c1-2-6-13-12(5-1)11-15-14-7-3-4-8-16(13,14)9-10-17-15/h1-2,5-6,14-15,17H,3-4,7-11H2/t14-,15-,16+/m0/s1. The molecule has 2 aliphatic carbocycles. The van der Waals surface area contributed by atoms with E-state index in [0.29, 0.717) is 5.41 Å². The minimum atomic E-state index is 0.545. The van der Waals surface area contributed by atoms with Gasteiger partial charge in [-0.15, -0.1) is 0 Å². The smallest absolute Gasteiger partial charge is 0.0144 e. The van der Waals surface area contributed by atoms with Gasteiger partial charge in [0.15, 0.2) is 0 Å². The Hall–Kier alpha value is -0.820. The first-order chi connectivity index (χ1) is 8.40. The number of rotatable bonds is 0. The van der Waals surface area contributed by atoms with Gasteiger partial charge >= 0.3 is 0 Å². The van der Waals surface area contributed by atoms with E-state index < -0.39 is 0 Å². The van der Waals surface area contributed by atoms with E-state index in [1.807, 2.05) is 0 Å². The molecule has 0 unspecified atom stereocenters. The highest BCUT2D eigenvalue weighted by Crippen LogP contribution is 2.53. The molecule has 0 radical (unpaired) electrons. The first-order valence-electron chi connectivity index (χ1n) is 7.22. The van der Waals surface area contributed by atoms with Gasteiger partial charge in [-0.05, 0) is 49.3 Å². The second-order valence-electron chi connectivity index (χ2n) is 6.18. The Kier molecular flexibility index (Phi) is 2.14. The van der Waals surface area contributed by atoms with Crippen molar-refractivity contribution in [3.8, 4) is 0 Å². The molecule has 1 N–H and O–H groups in total. The van der Waals surface area contributed by atoms with Crippen molar-refractivity contribution in [1.29, 1.82) is 0 Å². The van der Waals surface area contributed by atoms with Crippen LogP contribution in [-0.4, -0.2) is 12.6 Å². The van der Waals surface area contributed by atoms with Crippen LogP contribution in [0.15, 0.2) is 24.3 Å². The van der Waals surface area contributed by atoms with E-state index in [0.717, 1.165) is 12.0 Å². The molecule has 4 rings (SSSR count). The fourth-order valence-corrected chi connectivity index (χ4v) is 4.89. The lowest BCUT2D eigenvalue weighted by Crippen LogP contribution is -2.59. The quantitative estimate of drug-likeness (QED) is 0.718. The van der Waals surface area contributed by atoms with E-state index in [4.69, 9.17) is 0 Å².